The fraction of sp³-hybridized carbons (Fsp3) is 0.902. The first-order valence-electron chi connectivity index (χ1n) is 20.6. The maximum Gasteiger partial charge on any atom is 0.310 e. The minimum absolute atomic E-state index is 0.0180. The largest absolute Gasteiger partial charge is 0.481 e. The Kier molecular flexibility index (Phi) is 11.2. The van der Waals surface area contributed by atoms with Gasteiger partial charge in [0.1, 0.15) is 42.7 Å². The van der Waals surface area contributed by atoms with E-state index in [9.17, 15) is 60.7 Å². The third-order valence-corrected chi connectivity index (χ3v) is 17.3. The quantitative estimate of drug-likeness (QED) is 0.118. The van der Waals surface area contributed by atoms with E-state index in [4.69, 9.17) is 18.9 Å². The second kappa shape index (κ2) is 14.7. The van der Waals surface area contributed by atoms with Crippen molar-refractivity contribution in [1.29, 1.82) is 0 Å². The summed E-state index contributed by atoms with van der Waals surface area (Å²) in [5, 5.41) is 107. The number of hydrogen-bond acceptors (Lipinski definition) is 14. The molecular weight excluding hydrogens is 748 g/mol. The molecule has 0 bridgehead atoms. The van der Waals surface area contributed by atoms with Gasteiger partial charge in [0, 0.05) is 5.41 Å². The van der Waals surface area contributed by atoms with Crippen molar-refractivity contribution in [2.24, 2.45) is 50.2 Å². The van der Waals surface area contributed by atoms with Crippen molar-refractivity contribution >= 4 is 11.9 Å². The van der Waals surface area contributed by atoms with E-state index in [0.29, 0.717) is 44.9 Å². The van der Waals surface area contributed by atoms with Gasteiger partial charge >= 0.3 is 11.9 Å². The molecular formula is C41H64O16. The molecule has 0 aromatic rings. The van der Waals surface area contributed by atoms with Crippen LogP contribution in [0.2, 0.25) is 0 Å². The summed E-state index contributed by atoms with van der Waals surface area (Å²) in [7, 11) is 0. The number of ether oxygens (including phenoxy) is 4. The number of aliphatic carboxylic acids is 2. The number of aliphatic hydroxyl groups is 8. The van der Waals surface area contributed by atoms with E-state index in [1.165, 1.54) is 0 Å². The van der Waals surface area contributed by atoms with Gasteiger partial charge in [0.15, 0.2) is 12.6 Å². The number of carbonyl (C=O) groups is 2. The summed E-state index contributed by atoms with van der Waals surface area (Å²) in [6.07, 6.45) is -9.62. The minimum atomic E-state index is -1.74. The van der Waals surface area contributed by atoms with Crippen LogP contribution in [0.3, 0.4) is 0 Å². The van der Waals surface area contributed by atoms with Gasteiger partial charge in [-0.2, -0.15) is 0 Å². The predicted molar refractivity (Wildman–Crippen MR) is 197 cm³/mol. The lowest BCUT2D eigenvalue weighted by Gasteiger charge is -2.71. The highest BCUT2D eigenvalue weighted by molar-refractivity contribution is 5.79. The molecule has 57 heavy (non-hydrogen) atoms. The van der Waals surface area contributed by atoms with Crippen molar-refractivity contribution in [2.75, 3.05) is 19.8 Å². The average molecular weight is 813 g/mol. The molecule has 16 heteroatoms. The number of carboxylic acid groups (broad SMARTS) is 2. The van der Waals surface area contributed by atoms with Crippen molar-refractivity contribution in [2.45, 2.75) is 160 Å². The highest BCUT2D eigenvalue weighted by Gasteiger charge is 2.71. The Bertz CT molecular complexity index is 1590. The zero-order valence-electron chi connectivity index (χ0n) is 33.6. The Morgan fingerprint density at radius 1 is 0.772 bits per heavy atom. The summed E-state index contributed by atoms with van der Waals surface area (Å²) in [6, 6.07) is 0. The van der Waals surface area contributed by atoms with E-state index in [1.807, 2.05) is 6.92 Å². The van der Waals surface area contributed by atoms with Gasteiger partial charge in [0.2, 0.25) is 0 Å². The lowest BCUT2D eigenvalue weighted by atomic mass is 9.33. The molecule has 1 unspecified atom stereocenters. The van der Waals surface area contributed by atoms with Crippen LogP contribution >= 0.6 is 0 Å². The van der Waals surface area contributed by atoms with Crippen LogP contribution < -0.4 is 0 Å². The molecule has 4 saturated carbocycles. The van der Waals surface area contributed by atoms with E-state index in [-0.39, 0.29) is 36.9 Å². The van der Waals surface area contributed by atoms with Crippen LogP contribution in [0.1, 0.15) is 92.4 Å². The summed E-state index contributed by atoms with van der Waals surface area (Å²) in [5.74, 6) is -2.32. The molecule has 0 spiro atoms. The zero-order chi connectivity index (χ0) is 41.8. The highest BCUT2D eigenvalue weighted by Crippen LogP contribution is 2.76. The third-order valence-electron chi connectivity index (χ3n) is 17.3. The fourth-order valence-corrected chi connectivity index (χ4v) is 13.5. The van der Waals surface area contributed by atoms with E-state index < -0.39 is 119 Å². The molecule has 7 rings (SSSR count). The Hall–Kier alpha value is -1.80. The first kappa shape index (κ1) is 43.3. The summed E-state index contributed by atoms with van der Waals surface area (Å²) < 4.78 is 23.2. The minimum Gasteiger partial charge on any atom is -0.481 e. The summed E-state index contributed by atoms with van der Waals surface area (Å²) in [4.78, 5) is 25.6. The van der Waals surface area contributed by atoms with Gasteiger partial charge in [-0.25, -0.2) is 0 Å². The second-order valence-corrected chi connectivity index (χ2v) is 19.9. The maximum absolute atomic E-state index is 13.1. The molecule has 7 aliphatic rings. The first-order valence-corrected chi connectivity index (χ1v) is 20.6. The van der Waals surface area contributed by atoms with Crippen molar-refractivity contribution in [3.63, 3.8) is 0 Å². The van der Waals surface area contributed by atoms with Gasteiger partial charge in [0.25, 0.3) is 0 Å². The molecule has 0 radical (unpaired) electrons. The average Bonchev–Trinajstić information content (AvgIpc) is 3.16. The van der Waals surface area contributed by atoms with Crippen LogP contribution in [-0.2, 0) is 28.5 Å². The molecule has 20 atom stereocenters. The number of rotatable bonds is 8. The van der Waals surface area contributed by atoms with Crippen molar-refractivity contribution in [3.05, 3.63) is 11.6 Å². The standard InChI is InChI=1S/C41H64O16/c1-36(34(50)51)10-12-41(35(52)53)13-11-39(4)19(20(41)14-36)6-7-25-37(2)15-21(44)31(38(3,18-43)24(37)8-9-40(25,39)5)57-32-29(48)27(46)23(17-54-32)56-33-30(49)28(47)26(45)22(16-42)55-33/h6,20-33,42-49H,7-18H2,1-5H3,(H,50,51)(H,52,53)/t20-,21+,22-,23-,24?,25-,26-,27+,28+,29-,30-,31+,32+,33+,36-,37+,38+,39-,40-,41+/m1/s1. The molecule has 324 valence electrons. The monoisotopic (exact) mass is 812 g/mol. The topological polar surface area (TPSA) is 273 Å². The smallest absolute Gasteiger partial charge is 0.310 e. The van der Waals surface area contributed by atoms with Crippen LogP contribution in [0.5, 0.6) is 0 Å². The Morgan fingerprint density at radius 3 is 2.07 bits per heavy atom. The first-order chi connectivity index (χ1) is 26.6. The molecule has 0 aromatic heterocycles. The molecule has 0 aromatic carbocycles. The number of fused-ring (bicyclic) bond motifs is 7. The van der Waals surface area contributed by atoms with Crippen LogP contribution in [0, 0.1) is 50.2 Å². The lowest BCUT2D eigenvalue weighted by molar-refractivity contribution is -0.357. The van der Waals surface area contributed by atoms with Gasteiger partial charge in [-0.1, -0.05) is 39.3 Å². The molecule has 2 heterocycles. The van der Waals surface area contributed by atoms with Crippen LogP contribution in [0.15, 0.2) is 11.6 Å². The van der Waals surface area contributed by atoms with Gasteiger partial charge in [-0.15, -0.1) is 0 Å². The number of aliphatic hydroxyl groups excluding tert-OH is 8. The van der Waals surface area contributed by atoms with E-state index in [0.717, 1.165) is 12.0 Å². The van der Waals surface area contributed by atoms with E-state index in [2.05, 4.69) is 26.8 Å². The van der Waals surface area contributed by atoms with E-state index >= 15 is 0 Å². The Morgan fingerprint density at radius 2 is 1.44 bits per heavy atom. The molecule has 6 fully saturated rings. The number of carboxylic acids is 2. The molecule has 2 aliphatic heterocycles. The third kappa shape index (κ3) is 6.21. The zero-order valence-corrected chi connectivity index (χ0v) is 33.6. The number of allylic oxidation sites excluding steroid dienone is 2. The van der Waals surface area contributed by atoms with Crippen LogP contribution in [0.4, 0.5) is 0 Å². The molecule has 5 aliphatic carbocycles. The number of hydrogen-bond donors (Lipinski definition) is 10. The summed E-state index contributed by atoms with van der Waals surface area (Å²) >= 11 is 0. The van der Waals surface area contributed by atoms with Crippen molar-refractivity contribution in [3.8, 4) is 0 Å². The predicted octanol–water partition coefficient (Wildman–Crippen LogP) is 0.529. The van der Waals surface area contributed by atoms with Crippen molar-refractivity contribution < 1.29 is 79.6 Å². The summed E-state index contributed by atoms with van der Waals surface area (Å²) in [6.45, 7) is 8.87. The normalized spacial score (nSPS) is 55.0. The van der Waals surface area contributed by atoms with Gasteiger partial charge in [-0.3, -0.25) is 9.59 Å². The molecule has 2 saturated heterocycles. The fourth-order valence-electron chi connectivity index (χ4n) is 13.5. The highest BCUT2D eigenvalue weighted by atomic mass is 16.7. The molecule has 16 nitrogen and oxygen atoms in total. The van der Waals surface area contributed by atoms with Crippen molar-refractivity contribution in [1.82, 2.24) is 0 Å². The van der Waals surface area contributed by atoms with E-state index in [1.54, 1.807) is 6.92 Å². The molecule has 10 N–H and O–H groups in total. The summed E-state index contributed by atoms with van der Waals surface area (Å²) in [5.41, 5.74) is -3.31. The SMILES string of the molecule is C[C@@]1(C(=O)O)CC[C@]2(C(=O)O)CC[C@]3(C)C(=CC[C@@H]4[C@@]5(C)C[C@H](O)[C@H](O[C@@H]6OC[C@@H](O[C@@H]7O[C@H](CO)[C@@H](O)[C@H](O)[C@H]7O)[C@H](O)[C@H]6O)[C@@](C)(CO)C5CC[C@]43C)[C@H]2C1. The molecule has 0 amide bonds. The van der Waals surface area contributed by atoms with Crippen LogP contribution in [-0.4, -0.2) is 150 Å². The van der Waals surface area contributed by atoms with Gasteiger partial charge in [-0.05, 0) is 98.7 Å². The Labute approximate surface area is 332 Å². The van der Waals surface area contributed by atoms with Crippen LogP contribution in [0.25, 0.3) is 0 Å². The lowest BCUT2D eigenvalue weighted by Crippen LogP contribution is -2.69. The van der Waals surface area contributed by atoms with Gasteiger partial charge < -0.3 is 70.0 Å². The maximum atomic E-state index is 13.1. The second-order valence-electron chi connectivity index (χ2n) is 19.9. The Balaban J connectivity index is 1.11. The van der Waals surface area contributed by atoms with Gasteiger partial charge in [0.05, 0.1) is 42.9 Å².